The van der Waals surface area contributed by atoms with Gasteiger partial charge in [-0.25, -0.2) is 0 Å². The second kappa shape index (κ2) is 7.09. The maximum Gasteiger partial charge on any atom is 0.372 e. The van der Waals surface area contributed by atoms with Gasteiger partial charge in [0.2, 0.25) is 5.79 Å². The highest BCUT2D eigenvalue weighted by Crippen LogP contribution is 2.34. The number of hydrogen-bond donors (Lipinski definition) is 0. The maximum atomic E-state index is 6.04. The molecule has 2 nitrogen and oxygen atoms in total. The van der Waals surface area contributed by atoms with Crippen molar-refractivity contribution < 1.29 is 9.47 Å². The van der Waals surface area contributed by atoms with Crippen molar-refractivity contribution in [2.24, 2.45) is 0 Å². The minimum Gasteiger partial charge on any atom is -0.462 e. The van der Waals surface area contributed by atoms with Gasteiger partial charge < -0.3 is 9.47 Å². The van der Waals surface area contributed by atoms with Crippen LogP contribution in [0.4, 0.5) is 0 Å². The molecular weight excluding hydrogens is 347 g/mol. The lowest BCUT2D eigenvalue weighted by molar-refractivity contribution is -0.198. The van der Waals surface area contributed by atoms with Gasteiger partial charge in [0.25, 0.3) is 0 Å². The van der Waals surface area contributed by atoms with Crippen molar-refractivity contribution in [2.75, 3.05) is 0 Å². The third-order valence-corrected chi connectivity index (χ3v) is 6.66. The highest BCUT2D eigenvalue weighted by atomic mass is 35.8. The molecule has 0 saturated carbocycles. The molecule has 1 atom stereocenters. The van der Waals surface area contributed by atoms with Crippen LogP contribution in [-0.4, -0.2) is 11.8 Å². The molecule has 0 aliphatic carbocycles. The zero-order valence-electron chi connectivity index (χ0n) is 12.4. The van der Waals surface area contributed by atoms with Gasteiger partial charge in [-0.15, -0.1) is 33.2 Å². The van der Waals surface area contributed by atoms with Crippen molar-refractivity contribution in [1.29, 1.82) is 0 Å². The molecule has 6 heteroatoms. The van der Waals surface area contributed by atoms with Crippen molar-refractivity contribution in [3.63, 3.8) is 0 Å². The molecule has 0 amide bonds. The number of ether oxygens (including phenoxy) is 2. The van der Waals surface area contributed by atoms with E-state index >= 15 is 0 Å². The van der Waals surface area contributed by atoms with Gasteiger partial charge in [0.1, 0.15) is 5.75 Å². The number of unbranched alkanes of at least 4 members (excludes halogenated alkanes) is 3. The van der Waals surface area contributed by atoms with Crippen LogP contribution in [0.15, 0.2) is 18.2 Å². The molecule has 2 rings (SSSR count). The highest BCUT2D eigenvalue weighted by molar-refractivity contribution is 7.69. The molecule has 0 fully saturated rings. The molecule has 0 spiro atoms. The van der Waals surface area contributed by atoms with Crippen molar-refractivity contribution in [3.8, 4) is 5.75 Å². The first kappa shape index (κ1) is 17.4. The van der Waals surface area contributed by atoms with Gasteiger partial charge in [0.15, 0.2) is 0 Å². The van der Waals surface area contributed by atoms with E-state index in [0.717, 1.165) is 29.3 Å². The summed E-state index contributed by atoms with van der Waals surface area (Å²) in [6.07, 6.45) is 5.70. The summed E-state index contributed by atoms with van der Waals surface area (Å²) in [5.74, 6) is 0.297. The van der Waals surface area contributed by atoms with Crippen LogP contribution >= 0.6 is 33.2 Å². The Kier molecular flexibility index (Phi) is 5.89. The van der Waals surface area contributed by atoms with Crippen LogP contribution in [0.2, 0.25) is 0 Å². The zero-order valence-corrected chi connectivity index (χ0v) is 15.7. The average Bonchev–Trinajstić information content (AvgIpc) is 2.42. The molecule has 0 bridgehead atoms. The second-order valence-corrected chi connectivity index (χ2v) is 14.1. The molecule has 1 aromatic rings. The van der Waals surface area contributed by atoms with Gasteiger partial charge in [-0.2, -0.15) is 0 Å². The van der Waals surface area contributed by atoms with Crippen LogP contribution in [0.3, 0.4) is 0 Å². The third kappa shape index (κ3) is 4.77. The molecule has 0 aromatic heterocycles. The predicted molar refractivity (Wildman–Crippen MR) is 92.0 cm³/mol. The summed E-state index contributed by atoms with van der Waals surface area (Å²) in [5.41, 5.74) is 0.956. The molecule has 0 saturated heterocycles. The van der Waals surface area contributed by atoms with Crippen LogP contribution in [0, 0.1) is 0 Å². The Morgan fingerprint density at radius 1 is 1.19 bits per heavy atom. The van der Waals surface area contributed by atoms with Crippen molar-refractivity contribution in [1.82, 2.24) is 0 Å². The molecule has 21 heavy (non-hydrogen) atoms. The first-order chi connectivity index (χ1) is 9.84. The minimum atomic E-state index is -2.85. The monoisotopic (exact) mass is 366 g/mol. The van der Waals surface area contributed by atoms with E-state index in [1.54, 1.807) is 0 Å². The minimum absolute atomic E-state index is 0.503. The Labute approximate surface area is 141 Å². The molecule has 118 valence electrons. The molecule has 1 aromatic carbocycles. The van der Waals surface area contributed by atoms with E-state index in [4.69, 9.17) is 42.7 Å². The fraction of sp³-hybridized carbons (Fsp3) is 0.600. The van der Waals surface area contributed by atoms with Gasteiger partial charge in [-0.1, -0.05) is 38.3 Å². The molecule has 1 aliphatic rings. The van der Waals surface area contributed by atoms with E-state index in [0.29, 0.717) is 6.61 Å². The fourth-order valence-electron chi connectivity index (χ4n) is 2.46. The Balaban J connectivity index is 2.03. The highest BCUT2D eigenvalue weighted by Gasteiger charge is 2.34. The van der Waals surface area contributed by atoms with Gasteiger partial charge >= 0.3 is 6.00 Å². The van der Waals surface area contributed by atoms with Crippen LogP contribution in [-0.2, 0) is 11.3 Å². The molecule has 0 N–H and O–H groups in total. The molecular formula is C15H21Cl3O2Si. The lowest BCUT2D eigenvalue weighted by atomic mass is 10.1. The largest absolute Gasteiger partial charge is 0.462 e. The predicted octanol–water partition coefficient (Wildman–Crippen LogP) is 5.14. The van der Waals surface area contributed by atoms with Gasteiger partial charge in [-0.3, -0.25) is 0 Å². The summed E-state index contributed by atoms with van der Waals surface area (Å²) < 4.78 is 11.9. The van der Waals surface area contributed by atoms with Crippen molar-refractivity contribution >= 4 is 44.4 Å². The number of fused-ring (bicyclic) bond motifs is 1. The molecule has 0 radical (unpaired) electrons. The van der Waals surface area contributed by atoms with Gasteiger partial charge in [0, 0.05) is 18.9 Å². The summed E-state index contributed by atoms with van der Waals surface area (Å²) in [5, 5.41) is 0.769. The lowest BCUT2D eigenvalue weighted by Gasteiger charge is -2.36. The van der Waals surface area contributed by atoms with E-state index in [2.05, 4.69) is 6.92 Å². The van der Waals surface area contributed by atoms with Gasteiger partial charge in [0.05, 0.1) is 6.61 Å². The standard InChI is InChI=1S/C15H21Cl3O2Si/c1-3-4-5-6-9-15(2)19-11-12-10-13(21(16,17)18)7-8-14(12)20-15/h7-8,10H,3-6,9,11H2,1-2H3. The Hall–Kier alpha value is 0.0669. The Morgan fingerprint density at radius 2 is 1.95 bits per heavy atom. The fourth-order valence-corrected chi connectivity index (χ4v) is 4.12. The summed E-state index contributed by atoms with van der Waals surface area (Å²) in [6.45, 7) is 4.71. The Bertz CT molecular complexity index is 490. The van der Waals surface area contributed by atoms with Crippen LogP contribution in [0.1, 0.15) is 51.5 Å². The number of hydrogen-bond acceptors (Lipinski definition) is 2. The SMILES string of the molecule is CCCCCCC1(C)OCc2cc([Si](Cl)(Cl)Cl)ccc2O1. The first-order valence-electron chi connectivity index (χ1n) is 7.37. The summed E-state index contributed by atoms with van der Waals surface area (Å²) >= 11 is 18.1. The zero-order chi connectivity index (χ0) is 15.5. The molecule has 1 unspecified atom stereocenters. The maximum absolute atomic E-state index is 6.04. The van der Waals surface area contributed by atoms with E-state index in [1.165, 1.54) is 19.3 Å². The number of halogens is 3. The van der Waals surface area contributed by atoms with Crippen LogP contribution in [0.25, 0.3) is 0 Å². The van der Waals surface area contributed by atoms with E-state index in [1.807, 2.05) is 25.1 Å². The van der Waals surface area contributed by atoms with Gasteiger partial charge in [-0.05, 0) is 17.7 Å². The third-order valence-electron chi connectivity index (χ3n) is 3.73. The van der Waals surface area contributed by atoms with E-state index in [9.17, 15) is 0 Å². The second-order valence-electron chi connectivity index (χ2n) is 5.66. The molecule has 1 heterocycles. The normalized spacial score (nSPS) is 21.8. The summed E-state index contributed by atoms with van der Waals surface area (Å²) in [4.78, 5) is 0. The van der Waals surface area contributed by atoms with Crippen LogP contribution < -0.4 is 9.92 Å². The van der Waals surface area contributed by atoms with Crippen molar-refractivity contribution in [3.05, 3.63) is 23.8 Å². The Morgan fingerprint density at radius 3 is 2.62 bits per heavy atom. The molecule has 1 aliphatic heterocycles. The topological polar surface area (TPSA) is 18.5 Å². The van der Waals surface area contributed by atoms with E-state index < -0.39 is 11.8 Å². The van der Waals surface area contributed by atoms with Crippen molar-refractivity contribution in [2.45, 2.75) is 58.3 Å². The van der Waals surface area contributed by atoms with E-state index in [-0.39, 0.29) is 0 Å². The average molecular weight is 368 g/mol. The summed E-state index contributed by atoms with van der Waals surface area (Å²) in [6, 6.07) is 2.78. The number of rotatable bonds is 6. The first-order valence-corrected chi connectivity index (χ1v) is 12.4. The van der Waals surface area contributed by atoms with Crippen LogP contribution in [0.5, 0.6) is 5.75 Å². The quantitative estimate of drug-likeness (QED) is 0.393. The smallest absolute Gasteiger partial charge is 0.372 e. The number of benzene rings is 1. The lowest BCUT2D eigenvalue weighted by Crippen LogP contribution is -2.40. The summed E-state index contributed by atoms with van der Waals surface area (Å²) in [7, 11) is 0.